The fourth-order valence-corrected chi connectivity index (χ4v) is 4.81. The number of ether oxygens (including phenoxy) is 1. The number of anilines is 1. The first-order chi connectivity index (χ1) is 19.0. The van der Waals surface area contributed by atoms with Crippen molar-refractivity contribution < 1.29 is 18.7 Å². The van der Waals surface area contributed by atoms with E-state index in [9.17, 15) is 14.0 Å². The van der Waals surface area contributed by atoms with Crippen LogP contribution in [0.15, 0.2) is 79.4 Å². The number of hydrogen-bond donors (Lipinski definition) is 1. The third-order valence-corrected chi connectivity index (χ3v) is 6.87. The van der Waals surface area contributed by atoms with E-state index in [1.807, 2.05) is 55.5 Å². The molecule has 0 saturated carbocycles. The van der Waals surface area contributed by atoms with Gasteiger partial charge in [-0.2, -0.15) is 0 Å². The largest absolute Gasteiger partial charge is 0.445 e. The number of likely N-dealkylation sites (tertiary alicyclic amines) is 1. The topological polar surface area (TPSA) is 97.3 Å². The van der Waals surface area contributed by atoms with Gasteiger partial charge in [0.05, 0.1) is 18.0 Å². The second kappa shape index (κ2) is 11.8. The zero-order valence-corrected chi connectivity index (χ0v) is 21.5. The maximum Gasteiger partial charge on any atom is 0.274 e. The molecule has 9 heteroatoms. The van der Waals surface area contributed by atoms with E-state index in [0.29, 0.717) is 30.3 Å². The van der Waals surface area contributed by atoms with Crippen LogP contribution in [-0.2, 0) is 0 Å². The monoisotopic (exact) mass is 525 g/mol. The molecule has 39 heavy (non-hydrogen) atoms. The molecule has 0 atom stereocenters. The Morgan fingerprint density at radius 1 is 1.03 bits per heavy atom. The van der Waals surface area contributed by atoms with Crippen molar-refractivity contribution in [2.45, 2.75) is 25.7 Å². The van der Waals surface area contributed by atoms with Gasteiger partial charge in [-0.25, -0.2) is 14.4 Å². The lowest BCUT2D eigenvalue weighted by Gasteiger charge is -2.32. The van der Waals surface area contributed by atoms with Gasteiger partial charge in [-0.3, -0.25) is 14.6 Å². The number of nitrogens with zero attached hydrogens (tertiary/aromatic N) is 4. The first-order valence-corrected chi connectivity index (χ1v) is 12.7. The minimum atomic E-state index is -0.998. The summed E-state index contributed by atoms with van der Waals surface area (Å²) in [5, 5.41) is 3.00. The number of carbonyl (C=O) groups is 2. The first-order valence-electron chi connectivity index (χ1n) is 12.7. The molecule has 0 spiro atoms. The number of piperidine rings is 1. The number of hydrogen-bond acceptors (Lipinski definition) is 6. The zero-order chi connectivity index (χ0) is 27.2. The van der Waals surface area contributed by atoms with Crippen molar-refractivity contribution in [3.05, 3.63) is 102 Å². The van der Waals surface area contributed by atoms with Crippen LogP contribution >= 0.6 is 0 Å². The summed E-state index contributed by atoms with van der Waals surface area (Å²) < 4.78 is 16.9. The van der Waals surface area contributed by atoms with Crippen molar-refractivity contribution in [2.24, 2.45) is 0 Å². The molecule has 1 N–H and O–H groups in total. The van der Waals surface area contributed by atoms with Gasteiger partial charge in [0.25, 0.3) is 11.8 Å². The molecule has 3 heterocycles. The van der Waals surface area contributed by atoms with Crippen LogP contribution in [-0.4, -0.2) is 51.6 Å². The molecule has 0 aliphatic carbocycles. The summed E-state index contributed by atoms with van der Waals surface area (Å²) in [6.45, 7) is 2.21. The summed E-state index contributed by atoms with van der Waals surface area (Å²) in [4.78, 5) is 39.8. The minimum absolute atomic E-state index is 0.0416. The van der Waals surface area contributed by atoms with Crippen LogP contribution < -0.4 is 10.1 Å². The maximum absolute atomic E-state index is 13.1. The molecule has 1 aliphatic rings. The predicted octanol–water partition coefficient (Wildman–Crippen LogP) is 5.42. The van der Waals surface area contributed by atoms with E-state index in [0.717, 1.165) is 35.1 Å². The van der Waals surface area contributed by atoms with Gasteiger partial charge >= 0.3 is 0 Å². The van der Waals surface area contributed by atoms with E-state index >= 15 is 0 Å². The average Bonchev–Trinajstić information content (AvgIpc) is 2.98. The van der Waals surface area contributed by atoms with Crippen molar-refractivity contribution >= 4 is 17.5 Å². The fourth-order valence-electron chi connectivity index (χ4n) is 4.81. The minimum Gasteiger partial charge on any atom is -0.445 e. The Hall–Kier alpha value is -4.66. The summed E-state index contributed by atoms with van der Waals surface area (Å²) in [6.07, 6.45) is 7.51. The lowest BCUT2D eigenvalue weighted by molar-refractivity contribution is 0.0706. The third-order valence-electron chi connectivity index (χ3n) is 6.87. The zero-order valence-electron chi connectivity index (χ0n) is 21.5. The summed E-state index contributed by atoms with van der Waals surface area (Å²) >= 11 is 0. The first kappa shape index (κ1) is 26.0. The maximum atomic E-state index is 13.1. The van der Waals surface area contributed by atoms with Gasteiger partial charge in [-0.1, -0.05) is 42.0 Å². The average molecular weight is 526 g/mol. The number of aromatic nitrogens is 3. The number of pyridine rings is 1. The van der Waals surface area contributed by atoms with Crippen LogP contribution in [0.3, 0.4) is 0 Å². The van der Waals surface area contributed by atoms with Crippen LogP contribution in [0.2, 0.25) is 0 Å². The molecule has 8 nitrogen and oxygen atoms in total. The molecule has 2 aromatic heterocycles. The van der Waals surface area contributed by atoms with E-state index in [2.05, 4.69) is 25.0 Å². The summed E-state index contributed by atoms with van der Waals surface area (Å²) in [6, 6.07) is 17.6. The highest BCUT2D eigenvalue weighted by Crippen LogP contribution is 2.30. The van der Waals surface area contributed by atoms with E-state index < -0.39 is 6.86 Å². The molecular weight excluding hydrogens is 497 g/mol. The lowest BCUT2D eigenvalue weighted by atomic mass is 9.89. The summed E-state index contributed by atoms with van der Waals surface area (Å²) in [5.74, 6) is -0.0500. The molecule has 2 amide bonds. The SMILES string of the molecule is Cc1cccc(-c2cnccc2C(=O)Nc2ccc(C3CCN(C(=O)c4cnc(OCF)cn4)CC3)cc2)c1. The van der Waals surface area contributed by atoms with Crippen molar-refractivity contribution in [2.75, 3.05) is 25.3 Å². The second-order valence-electron chi connectivity index (χ2n) is 9.43. The van der Waals surface area contributed by atoms with Crippen LogP contribution in [0, 0.1) is 6.92 Å². The van der Waals surface area contributed by atoms with Crippen molar-refractivity contribution in [3.8, 4) is 17.0 Å². The molecular formula is C30H28FN5O3. The molecule has 2 aromatic carbocycles. The van der Waals surface area contributed by atoms with Gasteiger partial charge in [0.15, 0.2) is 0 Å². The standard InChI is InChI=1S/C30H28FN5O3/c1-20-3-2-4-23(15-20)26-16-32-12-9-25(26)29(37)35-24-7-5-21(6-8-24)22-10-13-36(14-11-22)30(38)27-17-34-28(18-33-27)39-19-31/h2-9,12,15-18,22H,10-11,13-14,19H2,1H3,(H,35,37). The Morgan fingerprint density at radius 2 is 1.82 bits per heavy atom. The van der Waals surface area contributed by atoms with Gasteiger partial charge in [0, 0.05) is 36.7 Å². The number of amides is 2. The molecule has 1 fully saturated rings. The number of rotatable bonds is 7. The number of alkyl halides is 1. The van der Waals surface area contributed by atoms with Crippen LogP contribution in [0.5, 0.6) is 5.88 Å². The Bertz CT molecular complexity index is 1450. The van der Waals surface area contributed by atoms with E-state index in [1.54, 1.807) is 23.4 Å². The highest BCUT2D eigenvalue weighted by atomic mass is 19.1. The summed E-state index contributed by atoms with van der Waals surface area (Å²) in [7, 11) is 0. The smallest absolute Gasteiger partial charge is 0.274 e. The molecule has 5 rings (SSSR count). The highest BCUT2D eigenvalue weighted by molar-refractivity contribution is 6.08. The Balaban J connectivity index is 1.19. The molecule has 0 bridgehead atoms. The van der Waals surface area contributed by atoms with Crippen LogP contribution in [0.4, 0.5) is 10.1 Å². The summed E-state index contributed by atoms with van der Waals surface area (Å²) in [5.41, 5.74) is 5.49. The molecule has 0 radical (unpaired) electrons. The Morgan fingerprint density at radius 3 is 2.51 bits per heavy atom. The normalized spacial score (nSPS) is 13.6. The second-order valence-corrected chi connectivity index (χ2v) is 9.43. The van der Waals surface area contributed by atoms with Gasteiger partial charge in [-0.05, 0) is 55.0 Å². The van der Waals surface area contributed by atoms with E-state index in [1.165, 1.54) is 12.4 Å². The van der Waals surface area contributed by atoms with Crippen molar-refractivity contribution in [1.82, 2.24) is 19.9 Å². The Labute approximate surface area is 225 Å². The molecule has 1 aliphatic heterocycles. The van der Waals surface area contributed by atoms with Gasteiger partial charge in [-0.15, -0.1) is 0 Å². The highest BCUT2D eigenvalue weighted by Gasteiger charge is 2.25. The molecule has 0 unspecified atom stereocenters. The molecule has 198 valence electrons. The number of benzene rings is 2. The number of halogens is 1. The van der Waals surface area contributed by atoms with E-state index in [4.69, 9.17) is 0 Å². The fraction of sp³-hybridized carbons (Fsp3) is 0.233. The number of nitrogens with one attached hydrogen (secondary N) is 1. The van der Waals surface area contributed by atoms with Crippen LogP contribution in [0.1, 0.15) is 50.7 Å². The molecule has 1 saturated heterocycles. The van der Waals surface area contributed by atoms with Crippen molar-refractivity contribution in [1.29, 1.82) is 0 Å². The number of aryl methyl sites for hydroxylation is 1. The Kier molecular flexibility index (Phi) is 7.86. The lowest BCUT2D eigenvalue weighted by Crippen LogP contribution is -2.38. The van der Waals surface area contributed by atoms with Crippen LogP contribution in [0.25, 0.3) is 11.1 Å². The number of carbonyl (C=O) groups excluding carboxylic acids is 2. The van der Waals surface area contributed by atoms with E-state index in [-0.39, 0.29) is 23.4 Å². The molecule has 4 aromatic rings. The van der Waals surface area contributed by atoms with Gasteiger partial charge in [0.1, 0.15) is 5.69 Å². The van der Waals surface area contributed by atoms with Crippen molar-refractivity contribution in [3.63, 3.8) is 0 Å². The predicted molar refractivity (Wildman–Crippen MR) is 145 cm³/mol. The van der Waals surface area contributed by atoms with Gasteiger partial charge < -0.3 is 15.0 Å². The third kappa shape index (κ3) is 6.09. The quantitative estimate of drug-likeness (QED) is 0.346. The van der Waals surface area contributed by atoms with Gasteiger partial charge in [0.2, 0.25) is 12.7 Å².